The fraction of sp³-hybridized carbons (Fsp3) is 0.917. The summed E-state index contributed by atoms with van der Waals surface area (Å²) in [4.78, 5) is 14.5. The normalized spacial score (nSPS) is 26.7. The topological polar surface area (TPSA) is 32.3 Å². The first kappa shape index (κ1) is 11.1. The molecule has 2 aliphatic rings. The third kappa shape index (κ3) is 2.79. The molecular weight excluding hydrogens is 188 g/mol. The highest BCUT2D eigenvalue weighted by molar-refractivity contribution is 5.83. The lowest BCUT2D eigenvalue weighted by Crippen LogP contribution is -2.39. The highest BCUT2D eigenvalue weighted by Gasteiger charge is 2.29. The molecule has 0 atom stereocenters. The molecule has 0 aromatic rings. The van der Waals surface area contributed by atoms with Crippen molar-refractivity contribution in [2.45, 2.75) is 25.7 Å². The number of ketones is 1. The second kappa shape index (κ2) is 5.08. The molecule has 0 bridgehead atoms. The van der Waals surface area contributed by atoms with Gasteiger partial charge in [-0.3, -0.25) is 4.79 Å². The maximum Gasteiger partial charge on any atom is 0.139 e. The number of likely N-dealkylation sites (tertiary alicyclic amines) is 1. The lowest BCUT2D eigenvalue weighted by molar-refractivity contribution is -0.128. The number of hydrogen-bond donors (Lipinski definition) is 1. The van der Waals surface area contributed by atoms with Crippen molar-refractivity contribution in [3.05, 3.63) is 0 Å². The molecule has 2 aliphatic heterocycles. The predicted molar refractivity (Wildman–Crippen MR) is 60.8 cm³/mol. The monoisotopic (exact) mass is 210 g/mol. The third-order valence-electron chi connectivity index (χ3n) is 3.86. The zero-order valence-electron chi connectivity index (χ0n) is 9.67. The average molecular weight is 210 g/mol. The molecule has 0 aromatic heterocycles. The standard InChI is InChI=1S/C12H22N2O/c1-14-8-4-11(5-9-14)12(15)10-2-6-13-7-3-10/h10-11,13H,2-9H2,1H3. The van der Waals surface area contributed by atoms with Crippen LogP contribution in [0.4, 0.5) is 0 Å². The SMILES string of the molecule is CN1CCC(C(=O)C2CCNCC2)CC1. The van der Waals surface area contributed by atoms with Crippen LogP contribution in [0.1, 0.15) is 25.7 Å². The Bertz CT molecular complexity index is 216. The Morgan fingerprint density at radius 2 is 1.60 bits per heavy atom. The molecule has 0 unspecified atom stereocenters. The van der Waals surface area contributed by atoms with Gasteiger partial charge in [-0.2, -0.15) is 0 Å². The number of carbonyl (C=O) groups is 1. The first-order chi connectivity index (χ1) is 7.27. The van der Waals surface area contributed by atoms with Crippen LogP contribution in [-0.2, 0) is 4.79 Å². The summed E-state index contributed by atoms with van der Waals surface area (Å²) < 4.78 is 0. The van der Waals surface area contributed by atoms with Crippen molar-refractivity contribution in [3.63, 3.8) is 0 Å². The molecule has 0 aliphatic carbocycles. The fourth-order valence-electron chi connectivity index (χ4n) is 2.73. The molecule has 2 heterocycles. The minimum atomic E-state index is 0.361. The van der Waals surface area contributed by atoms with Crippen LogP contribution in [0.3, 0.4) is 0 Å². The van der Waals surface area contributed by atoms with Gasteiger partial charge in [0.05, 0.1) is 0 Å². The predicted octanol–water partition coefficient (Wildman–Crippen LogP) is 0.897. The fourth-order valence-corrected chi connectivity index (χ4v) is 2.73. The van der Waals surface area contributed by atoms with E-state index < -0.39 is 0 Å². The van der Waals surface area contributed by atoms with Gasteiger partial charge in [0.15, 0.2) is 0 Å². The highest BCUT2D eigenvalue weighted by Crippen LogP contribution is 2.24. The Hall–Kier alpha value is -0.410. The Labute approximate surface area is 92.2 Å². The van der Waals surface area contributed by atoms with E-state index in [9.17, 15) is 4.79 Å². The summed E-state index contributed by atoms with van der Waals surface area (Å²) >= 11 is 0. The number of hydrogen-bond acceptors (Lipinski definition) is 3. The molecule has 3 nitrogen and oxygen atoms in total. The molecule has 0 saturated carbocycles. The van der Waals surface area contributed by atoms with Gasteiger partial charge in [-0.1, -0.05) is 0 Å². The molecule has 0 spiro atoms. The quantitative estimate of drug-likeness (QED) is 0.735. The van der Waals surface area contributed by atoms with Crippen molar-refractivity contribution in [2.75, 3.05) is 33.2 Å². The number of piperidine rings is 2. The lowest BCUT2D eigenvalue weighted by atomic mass is 9.82. The van der Waals surface area contributed by atoms with E-state index in [1.54, 1.807) is 0 Å². The summed E-state index contributed by atoms with van der Waals surface area (Å²) in [5.41, 5.74) is 0. The Morgan fingerprint density at radius 3 is 2.20 bits per heavy atom. The molecule has 3 heteroatoms. The Morgan fingerprint density at radius 1 is 1.07 bits per heavy atom. The van der Waals surface area contributed by atoms with E-state index in [0.29, 0.717) is 17.6 Å². The van der Waals surface area contributed by atoms with Crippen molar-refractivity contribution < 1.29 is 4.79 Å². The summed E-state index contributed by atoms with van der Waals surface area (Å²) in [6, 6.07) is 0. The minimum Gasteiger partial charge on any atom is -0.317 e. The zero-order chi connectivity index (χ0) is 10.7. The Kier molecular flexibility index (Phi) is 3.76. The first-order valence-corrected chi connectivity index (χ1v) is 6.20. The van der Waals surface area contributed by atoms with Gasteiger partial charge in [-0.15, -0.1) is 0 Å². The Balaban J connectivity index is 1.84. The van der Waals surface area contributed by atoms with Crippen LogP contribution in [0, 0.1) is 11.8 Å². The zero-order valence-corrected chi connectivity index (χ0v) is 9.67. The van der Waals surface area contributed by atoms with Gasteiger partial charge >= 0.3 is 0 Å². The smallest absolute Gasteiger partial charge is 0.139 e. The number of nitrogens with one attached hydrogen (secondary N) is 1. The van der Waals surface area contributed by atoms with Crippen LogP contribution in [0.15, 0.2) is 0 Å². The van der Waals surface area contributed by atoms with Crippen molar-refractivity contribution in [3.8, 4) is 0 Å². The van der Waals surface area contributed by atoms with Crippen molar-refractivity contribution in [1.29, 1.82) is 0 Å². The lowest BCUT2D eigenvalue weighted by Gasteiger charge is -2.31. The minimum absolute atomic E-state index is 0.361. The number of carbonyl (C=O) groups excluding carboxylic acids is 1. The highest BCUT2D eigenvalue weighted by atomic mass is 16.1. The van der Waals surface area contributed by atoms with Gasteiger partial charge in [0.25, 0.3) is 0 Å². The third-order valence-corrected chi connectivity index (χ3v) is 3.86. The molecule has 86 valence electrons. The maximum absolute atomic E-state index is 12.2. The van der Waals surface area contributed by atoms with Crippen LogP contribution in [-0.4, -0.2) is 43.9 Å². The van der Waals surface area contributed by atoms with Gasteiger partial charge in [0.2, 0.25) is 0 Å². The number of nitrogens with zero attached hydrogens (tertiary/aromatic N) is 1. The second-order valence-corrected chi connectivity index (χ2v) is 5.00. The number of Topliss-reactive ketones (excluding diaryl/α,β-unsaturated/α-hetero) is 1. The van der Waals surface area contributed by atoms with Gasteiger partial charge in [0, 0.05) is 11.8 Å². The van der Waals surface area contributed by atoms with Crippen molar-refractivity contribution in [1.82, 2.24) is 10.2 Å². The molecule has 0 amide bonds. The maximum atomic E-state index is 12.2. The molecule has 2 saturated heterocycles. The van der Waals surface area contributed by atoms with E-state index in [2.05, 4.69) is 17.3 Å². The first-order valence-electron chi connectivity index (χ1n) is 6.20. The number of rotatable bonds is 2. The molecular formula is C12H22N2O. The average Bonchev–Trinajstić information content (AvgIpc) is 2.30. The summed E-state index contributed by atoms with van der Waals surface area (Å²) in [5, 5.41) is 3.32. The van der Waals surface area contributed by atoms with E-state index in [-0.39, 0.29) is 0 Å². The van der Waals surface area contributed by atoms with Crippen LogP contribution in [0.25, 0.3) is 0 Å². The van der Waals surface area contributed by atoms with Gasteiger partial charge < -0.3 is 10.2 Å². The van der Waals surface area contributed by atoms with Crippen molar-refractivity contribution >= 4 is 5.78 Å². The summed E-state index contributed by atoms with van der Waals surface area (Å²) in [6.07, 6.45) is 4.29. The van der Waals surface area contributed by atoms with Crippen molar-refractivity contribution in [2.24, 2.45) is 11.8 Å². The molecule has 2 fully saturated rings. The molecule has 15 heavy (non-hydrogen) atoms. The van der Waals surface area contributed by atoms with Crippen LogP contribution in [0.5, 0.6) is 0 Å². The molecule has 1 N–H and O–H groups in total. The van der Waals surface area contributed by atoms with Gasteiger partial charge in [-0.25, -0.2) is 0 Å². The van der Waals surface area contributed by atoms with E-state index in [4.69, 9.17) is 0 Å². The van der Waals surface area contributed by atoms with Gasteiger partial charge in [0.1, 0.15) is 5.78 Å². The summed E-state index contributed by atoms with van der Waals surface area (Å²) in [6.45, 7) is 4.26. The van der Waals surface area contributed by atoms with E-state index in [1.807, 2.05) is 0 Å². The van der Waals surface area contributed by atoms with Crippen LogP contribution >= 0.6 is 0 Å². The largest absolute Gasteiger partial charge is 0.317 e. The van der Waals surface area contributed by atoms with Crippen LogP contribution in [0.2, 0.25) is 0 Å². The van der Waals surface area contributed by atoms with Gasteiger partial charge in [-0.05, 0) is 58.9 Å². The molecule has 2 rings (SSSR count). The summed E-state index contributed by atoms with van der Waals surface area (Å²) in [7, 11) is 2.14. The van der Waals surface area contributed by atoms with E-state index in [0.717, 1.165) is 51.9 Å². The summed E-state index contributed by atoms with van der Waals surface area (Å²) in [5.74, 6) is 1.29. The van der Waals surface area contributed by atoms with E-state index in [1.165, 1.54) is 0 Å². The molecule has 0 radical (unpaired) electrons. The second-order valence-electron chi connectivity index (χ2n) is 5.00. The molecule has 0 aromatic carbocycles. The van der Waals surface area contributed by atoms with Crippen LogP contribution < -0.4 is 5.32 Å². The van der Waals surface area contributed by atoms with E-state index >= 15 is 0 Å².